The van der Waals surface area contributed by atoms with Gasteiger partial charge in [0.1, 0.15) is 11.5 Å². The molecule has 364 valence electrons. The highest BCUT2D eigenvalue weighted by Gasteiger charge is 2.53. The minimum Gasteiger partial charge on any atom is -0.390 e. The number of hydrogen-bond donors (Lipinski definition) is 2. The lowest BCUT2D eigenvalue weighted by molar-refractivity contribution is -0.153. The Labute approximate surface area is 364 Å². The van der Waals surface area contributed by atoms with Gasteiger partial charge in [0.15, 0.2) is 0 Å². The van der Waals surface area contributed by atoms with Crippen molar-refractivity contribution in [2.75, 3.05) is 0 Å². The number of aryl methyl sites for hydroxylation is 2. The predicted molar refractivity (Wildman–Crippen MR) is 209 cm³/mol. The molecule has 2 N–H and O–H groups in total. The van der Waals surface area contributed by atoms with E-state index in [2.05, 4.69) is 8.37 Å². The highest BCUT2D eigenvalue weighted by molar-refractivity contribution is 7.88. The maximum atomic E-state index is 12.7. The summed E-state index contributed by atoms with van der Waals surface area (Å²) in [5.74, 6) is -1.04. The Morgan fingerprint density at radius 2 is 0.922 bits per heavy atom. The summed E-state index contributed by atoms with van der Waals surface area (Å²) in [6, 6.07) is 8.13. The van der Waals surface area contributed by atoms with Crippen LogP contribution in [0, 0.1) is 11.8 Å². The molecule has 0 amide bonds. The third-order valence-electron chi connectivity index (χ3n) is 14.1. The van der Waals surface area contributed by atoms with Crippen molar-refractivity contribution >= 4 is 20.2 Å². The molecule has 2 aromatic rings. The Morgan fingerprint density at radius 1 is 0.578 bits per heavy atom. The van der Waals surface area contributed by atoms with Gasteiger partial charge in [-0.15, -0.1) is 0 Å². The first-order chi connectivity index (χ1) is 29.2. The molecule has 64 heavy (non-hydrogen) atoms. The maximum Gasteiger partial charge on any atom is 0.534 e. The number of fused-ring (bicyclic) bond motifs is 6. The monoisotopic (exact) mass is 976 g/mol. The van der Waals surface area contributed by atoms with Gasteiger partial charge < -0.3 is 18.6 Å². The topological polar surface area (TPSA) is 127 Å². The summed E-state index contributed by atoms with van der Waals surface area (Å²) in [5.41, 5.74) is -11.8. The van der Waals surface area contributed by atoms with Gasteiger partial charge in [-0.3, -0.25) is 0 Å². The van der Waals surface area contributed by atoms with E-state index in [1.807, 2.05) is 13.8 Å². The van der Waals surface area contributed by atoms with Crippen LogP contribution in [0.5, 0.6) is 11.5 Å². The first-order valence-electron chi connectivity index (χ1n) is 21.1. The molecule has 2 fully saturated rings. The van der Waals surface area contributed by atoms with Gasteiger partial charge >= 0.3 is 43.6 Å². The Morgan fingerprint density at radius 3 is 1.22 bits per heavy atom. The molecule has 6 atom stereocenters. The van der Waals surface area contributed by atoms with Gasteiger partial charge in [-0.25, -0.2) is 0 Å². The van der Waals surface area contributed by atoms with E-state index in [1.165, 1.54) is 24.3 Å². The van der Waals surface area contributed by atoms with Gasteiger partial charge in [0.25, 0.3) is 0 Å². The zero-order valence-electron chi connectivity index (χ0n) is 35.0. The lowest BCUT2D eigenvalue weighted by atomic mass is 9.56. The van der Waals surface area contributed by atoms with Crippen LogP contribution in [0.3, 0.4) is 0 Å². The average molecular weight is 977 g/mol. The fraction of sp³-hybridized carbons (Fsp3) is 0.714. The van der Waals surface area contributed by atoms with Crippen LogP contribution in [-0.4, -0.2) is 61.6 Å². The van der Waals surface area contributed by atoms with Crippen LogP contribution in [0.1, 0.15) is 139 Å². The zero-order chi connectivity index (χ0) is 48.0. The minimum absolute atomic E-state index is 0.0913. The third-order valence-corrected chi connectivity index (χ3v) is 16.1. The molecule has 0 unspecified atom stereocenters. The molecule has 0 radical (unpaired) electrons. The van der Waals surface area contributed by atoms with Crippen LogP contribution in [0.25, 0.3) is 0 Å². The normalized spacial score (nSPS) is 29.1. The second-order valence-electron chi connectivity index (χ2n) is 17.9. The van der Waals surface area contributed by atoms with Gasteiger partial charge in [-0.2, -0.15) is 69.5 Å². The van der Waals surface area contributed by atoms with Crippen molar-refractivity contribution in [1.29, 1.82) is 0 Å². The summed E-state index contributed by atoms with van der Waals surface area (Å²) in [5, 5.41) is 21.8. The van der Waals surface area contributed by atoms with E-state index >= 15 is 0 Å². The SMILES string of the molecule is CC[C@@]12CC[C@](O)(CCC(F)(F)F)C[C@@H]1CCCc1cc(OS(=O)(=O)C(F)(F)F)ccc12.CC[C@]12CC[C@@](O)(CCC(F)(F)F)C[C@H]1CCCc1cc(OS(=O)(=O)C(F)(F)F)ccc12. The molecular formula is C42H52F12O8S2. The number of halogens is 12. The molecule has 2 aromatic carbocycles. The molecule has 4 aliphatic carbocycles. The molecule has 0 saturated heterocycles. The average Bonchev–Trinajstić information content (AvgIpc) is 3.42. The molecular weight excluding hydrogens is 925 g/mol. The van der Waals surface area contributed by atoms with Crippen molar-refractivity contribution in [3.8, 4) is 11.5 Å². The first-order valence-corrected chi connectivity index (χ1v) is 23.9. The fourth-order valence-corrected chi connectivity index (χ4v) is 11.8. The Hall–Kier alpha value is -2.98. The summed E-state index contributed by atoms with van der Waals surface area (Å²) in [6.07, 6.45) is -5.09. The second kappa shape index (κ2) is 18.3. The van der Waals surface area contributed by atoms with Crippen molar-refractivity contribution in [3.63, 3.8) is 0 Å². The molecule has 6 rings (SSSR count). The summed E-state index contributed by atoms with van der Waals surface area (Å²) < 4.78 is 206. The number of hydrogen-bond acceptors (Lipinski definition) is 8. The van der Waals surface area contributed by atoms with E-state index < -0.39 is 90.0 Å². The standard InChI is InChI=1S/2C21H26F6O4S/c2*1-2-19-10-8-18(28,9-11-20(22,23)24)13-15(19)5-3-4-14-12-16(6-7-17(14)19)31-32(29,30)21(25,26)27/h2*6-7,12,15,28H,2-5,8-11,13H2,1H3/t2*15-,18-,19+/m10/s1. The van der Waals surface area contributed by atoms with E-state index in [4.69, 9.17) is 0 Å². The molecule has 0 aromatic heterocycles. The number of rotatable bonds is 10. The maximum absolute atomic E-state index is 12.7. The molecule has 0 spiro atoms. The number of aliphatic hydroxyl groups is 2. The Balaban J connectivity index is 0.000000241. The van der Waals surface area contributed by atoms with Crippen LogP contribution in [0.15, 0.2) is 36.4 Å². The highest BCUT2D eigenvalue weighted by atomic mass is 32.2. The molecule has 0 bridgehead atoms. The van der Waals surface area contributed by atoms with Crippen molar-refractivity contribution in [2.24, 2.45) is 11.8 Å². The summed E-state index contributed by atoms with van der Waals surface area (Å²) in [7, 11) is -11.6. The lowest BCUT2D eigenvalue weighted by Gasteiger charge is -2.50. The molecule has 0 aliphatic heterocycles. The lowest BCUT2D eigenvalue weighted by Crippen LogP contribution is -2.48. The van der Waals surface area contributed by atoms with E-state index in [1.54, 1.807) is 12.1 Å². The van der Waals surface area contributed by atoms with Crippen LogP contribution in [0.2, 0.25) is 0 Å². The van der Waals surface area contributed by atoms with Gasteiger partial charge in [0.05, 0.1) is 11.2 Å². The largest absolute Gasteiger partial charge is 0.534 e. The van der Waals surface area contributed by atoms with E-state index in [-0.39, 0.29) is 50.4 Å². The van der Waals surface area contributed by atoms with Crippen molar-refractivity contribution in [3.05, 3.63) is 58.7 Å². The van der Waals surface area contributed by atoms with Gasteiger partial charge in [0, 0.05) is 12.8 Å². The van der Waals surface area contributed by atoms with E-state index in [9.17, 15) is 79.7 Å². The fourth-order valence-electron chi connectivity index (χ4n) is 10.9. The third kappa shape index (κ3) is 11.6. The van der Waals surface area contributed by atoms with Gasteiger partial charge in [-0.05, 0) is 172 Å². The number of alkyl halides is 12. The van der Waals surface area contributed by atoms with Crippen LogP contribution >= 0.6 is 0 Å². The molecule has 2 saturated carbocycles. The summed E-state index contributed by atoms with van der Waals surface area (Å²) >= 11 is 0. The van der Waals surface area contributed by atoms with E-state index in [0.717, 1.165) is 11.1 Å². The molecule has 4 aliphatic rings. The van der Waals surface area contributed by atoms with Gasteiger partial charge in [-0.1, -0.05) is 26.0 Å². The quantitative estimate of drug-likeness (QED) is 0.137. The molecule has 0 heterocycles. The highest BCUT2D eigenvalue weighted by Crippen LogP contribution is 2.57. The van der Waals surface area contributed by atoms with Crippen LogP contribution in [-0.2, 0) is 43.9 Å². The van der Waals surface area contributed by atoms with Crippen LogP contribution in [0.4, 0.5) is 52.7 Å². The predicted octanol–water partition coefficient (Wildman–Crippen LogP) is 11.5. The Kier molecular flexibility index (Phi) is 14.8. The zero-order valence-corrected chi connectivity index (χ0v) is 36.7. The van der Waals surface area contributed by atoms with Gasteiger partial charge in [0.2, 0.25) is 0 Å². The molecule has 8 nitrogen and oxygen atoms in total. The Bertz CT molecular complexity index is 2040. The summed E-state index contributed by atoms with van der Waals surface area (Å²) in [4.78, 5) is 0. The van der Waals surface area contributed by atoms with Crippen molar-refractivity contribution in [2.45, 2.75) is 175 Å². The molecule has 22 heteroatoms. The smallest absolute Gasteiger partial charge is 0.390 e. The first kappa shape index (κ1) is 52.0. The van der Waals surface area contributed by atoms with Crippen molar-refractivity contribution < 1.29 is 88.1 Å². The van der Waals surface area contributed by atoms with Crippen LogP contribution < -0.4 is 8.37 Å². The minimum atomic E-state index is -5.79. The number of benzene rings is 2. The second-order valence-corrected chi connectivity index (χ2v) is 21.0. The summed E-state index contributed by atoms with van der Waals surface area (Å²) in [6.45, 7) is 3.89. The van der Waals surface area contributed by atoms with E-state index in [0.29, 0.717) is 75.3 Å². The van der Waals surface area contributed by atoms with Crippen molar-refractivity contribution in [1.82, 2.24) is 0 Å².